The van der Waals surface area contributed by atoms with E-state index in [9.17, 15) is 13.6 Å². The number of hydrogen-bond donors (Lipinski definition) is 1. The van der Waals surface area contributed by atoms with Gasteiger partial charge in [0, 0.05) is 24.4 Å². The maximum absolute atomic E-state index is 12.4. The third-order valence-corrected chi connectivity index (χ3v) is 3.81. The summed E-state index contributed by atoms with van der Waals surface area (Å²) in [5.41, 5.74) is 1.46. The maximum atomic E-state index is 12.4. The molecule has 0 spiro atoms. The van der Waals surface area contributed by atoms with Crippen LogP contribution < -0.4 is 10.1 Å². The number of amides is 1. The topological polar surface area (TPSA) is 94.8 Å². The highest BCUT2D eigenvalue weighted by Gasteiger charge is 2.18. The highest BCUT2D eigenvalue weighted by Crippen LogP contribution is 2.14. The fourth-order valence-corrected chi connectivity index (χ4v) is 2.32. The van der Waals surface area contributed by atoms with Crippen molar-refractivity contribution in [2.24, 2.45) is 0 Å². The lowest BCUT2D eigenvalue weighted by Crippen LogP contribution is -2.31. The molecule has 8 nitrogen and oxygen atoms in total. The Morgan fingerprint density at radius 1 is 1.25 bits per heavy atom. The molecule has 0 aliphatic heterocycles. The van der Waals surface area contributed by atoms with E-state index < -0.39 is 19.1 Å². The molecular formula is C18H18F2N6O2. The van der Waals surface area contributed by atoms with E-state index in [4.69, 9.17) is 4.74 Å². The van der Waals surface area contributed by atoms with Crippen LogP contribution in [0.1, 0.15) is 18.5 Å². The van der Waals surface area contributed by atoms with E-state index in [0.29, 0.717) is 11.4 Å². The van der Waals surface area contributed by atoms with Crippen LogP contribution in [0.15, 0.2) is 48.7 Å². The molecule has 2 aromatic heterocycles. The number of nitrogens with one attached hydrogen (secondary N) is 1. The van der Waals surface area contributed by atoms with Crippen molar-refractivity contribution >= 4 is 5.91 Å². The van der Waals surface area contributed by atoms with E-state index >= 15 is 0 Å². The van der Waals surface area contributed by atoms with Crippen molar-refractivity contribution in [1.82, 2.24) is 30.5 Å². The molecule has 0 radical (unpaired) electrons. The molecule has 146 valence electrons. The van der Waals surface area contributed by atoms with Crippen molar-refractivity contribution in [3.8, 4) is 17.3 Å². The Morgan fingerprint density at radius 3 is 2.79 bits per heavy atom. The van der Waals surface area contributed by atoms with E-state index in [0.717, 1.165) is 5.56 Å². The fraction of sp³-hybridized carbons (Fsp3) is 0.278. The Balaban J connectivity index is 1.58. The first-order valence-corrected chi connectivity index (χ1v) is 8.51. The van der Waals surface area contributed by atoms with Crippen LogP contribution in [0, 0.1) is 0 Å². The number of rotatable bonds is 8. The van der Waals surface area contributed by atoms with Crippen molar-refractivity contribution in [3.05, 3.63) is 54.2 Å². The third kappa shape index (κ3) is 5.06. The summed E-state index contributed by atoms with van der Waals surface area (Å²) in [6, 6.07) is 11.8. The van der Waals surface area contributed by atoms with Crippen LogP contribution >= 0.6 is 0 Å². The van der Waals surface area contributed by atoms with Gasteiger partial charge in [-0.05, 0) is 23.8 Å². The summed E-state index contributed by atoms with van der Waals surface area (Å²) >= 11 is 0. The average molecular weight is 388 g/mol. The molecule has 0 aliphatic carbocycles. The second-order valence-corrected chi connectivity index (χ2v) is 5.90. The molecule has 10 heteroatoms. The van der Waals surface area contributed by atoms with Crippen LogP contribution in [-0.4, -0.2) is 44.1 Å². The predicted molar refractivity (Wildman–Crippen MR) is 95.5 cm³/mol. The van der Waals surface area contributed by atoms with E-state index in [-0.39, 0.29) is 18.3 Å². The highest BCUT2D eigenvalue weighted by molar-refractivity contribution is 5.79. The quantitative estimate of drug-likeness (QED) is 0.636. The first kappa shape index (κ1) is 19.3. The molecule has 0 fully saturated rings. The Hall–Kier alpha value is -3.43. The molecule has 0 saturated heterocycles. The van der Waals surface area contributed by atoms with Gasteiger partial charge in [-0.25, -0.2) is 13.8 Å². The average Bonchev–Trinajstić information content (AvgIpc) is 3.21. The Morgan fingerprint density at radius 2 is 2.04 bits per heavy atom. The predicted octanol–water partition coefficient (Wildman–Crippen LogP) is 2.26. The second-order valence-electron chi connectivity index (χ2n) is 5.90. The molecule has 1 unspecified atom stereocenters. The second kappa shape index (κ2) is 8.98. The monoisotopic (exact) mass is 388 g/mol. The number of halogens is 2. The molecule has 0 aliphatic rings. The lowest BCUT2D eigenvalue weighted by Gasteiger charge is -2.11. The Labute approximate surface area is 159 Å². The number of alkyl halides is 2. The van der Waals surface area contributed by atoms with Gasteiger partial charge >= 0.3 is 0 Å². The summed E-state index contributed by atoms with van der Waals surface area (Å²) in [5.74, 6) is 0.185. The molecular weight excluding hydrogens is 370 g/mol. The summed E-state index contributed by atoms with van der Waals surface area (Å²) in [7, 11) is 0. The van der Waals surface area contributed by atoms with Gasteiger partial charge in [0.25, 0.3) is 6.43 Å². The SMILES string of the molecule is CC(C(=O)NCc1ccnc(OCC(F)F)c1)n1nnc(-c2ccccc2)n1. The zero-order valence-corrected chi connectivity index (χ0v) is 15.0. The molecule has 2 heterocycles. The van der Waals surface area contributed by atoms with Crippen LogP contribution in [0.4, 0.5) is 8.78 Å². The lowest BCUT2D eigenvalue weighted by atomic mass is 10.2. The van der Waals surface area contributed by atoms with Gasteiger partial charge in [-0.1, -0.05) is 30.3 Å². The van der Waals surface area contributed by atoms with Crippen LogP contribution in [0.3, 0.4) is 0 Å². The first-order chi connectivity index (χ1) is 13.5. The zero-order valence-electron chi connectivity index (χ0n) is 15.0. The van der Waals surface area contributed by atoms with Crippen molar-refractivity contribution in [2.75, 3.05) is 6.61 Å². The first-order valence-electron chi connectivity index (χ1n) is 8.51. The molecule has 1 N–H and O–H groups in total. The molecule has 1 aromatic carbocycles. The standard InChI is InChI=1S/C18H18F2N6O2/c1-12(26-24-17(23-25-26)14-5-3-2-4-6-14)18(27)22-10-13-7-8-21-16(9-13)28-11-15(19)20/h2-9,12,15H,10-11H2,1H3,(H,22,27). The van der Waals surface area contributed by atoms with Gasteiger partial charge in [-0.3, -0.25) is 4.79 Å². The minimum absolute atomic E-state index is 0.0746. The summed E-state index contributed by atoms with van der Waals surface area (Å²) in [4.78, 5) is 17.5. The van der Waals surface area contributed by atoms with Crippen LogP contribution in [0.5, 0.6) is 5.88 Å². The molecule has 1 amide bonds. The fourth-order valence-electron chi connectivity index (χ4n) is 2.32. The zero-order chi connectivity index (χ0) is 19.9. The number of nitrogens with zero attached hydrogens (tertiary/aromatic N) is 5. The number of benzene rings is 1. The highest BCUT2D eigenvalue weighted by atomic mass is 19.3. The van der Waals surface area contributed by atoms with Crippen LogP contribution in [-0.2, 0) is 11.3 Å². The lowest BCUT2D eigenvalue weighted by molar-refractivity contribution is -0.124. The molecule has 0 bridgehead atoms. The molecule has 3 rings (SSSR count). The molecule has 0 saturated carbocycles. The van der Waals surface area contributed by atoms with Crippen molar-refractivity contribution in [1.29, 1.82) is 0 Å². The van der Waals surface area contributed by atoms with Gasteiger partial charge in [-0.15, -0.1) is 10.2 Å². The van der Waals surface area contributed by atoms with Crippen molar-refractivity contribution in [2.45, 2.75) is 25.9 Å². The summed E-state index contributed by atoms with van der Waals surface area (Å²) in [6.45, 7) is 1.09. The van der Waals surface area contributed by atoms with E-state index in [1.165, 1.54) is 17.1 Å². The van der Waals surface area contributed by atoms with Crippen LogP contribution in [0.25, 0.3) is 11.4 Å². The van der Waals surface area contributed by atoms with E-state index in [1.807, 2.05) is 30.3 Å². The number of ether oxygens (including phenoxy) is 1. The van der Waals surface area contributed by atoms with Crippen molar-refractivity contribution in [3.63, 3.8) is 0 Å². The number of aromatic nitrogens is 5. The Bertz CT molecular complexity index is 919. The van der Waals surface area contributed by atoms with Gasteiger partial charge in [-0.2, -0.15) is 4.80 Å². The van der Waals surface area contributed by atoms with Crippen molar-refractivity contribution < 1.29 is 18.3 Å². The number of carbonyl (C=O) groups is 1. The summed E-state index contributed by atoms with van der Waals surface area (Å²) in [5, 5.41) is 14.9. The minimum atomic E-state index is -2.58. The smallest absolute Gasteiger partial charge is 0.272 e. The van der Waals surface area contributed by atoms with Gasteiger partial charge in [0.15, 0.2) is 6.61 Å². The normalized spacial score (nSPS) is 12.0. The number of pyridine rings is 1. The van der Waals surface area contributed by atoms with E-state index in [1.54, 1.807) is 13.0 Å². The number of hydrogen-bond acceptors (Lipinski definition) is 6. The largest absolute Gasteiger partial charge is 0.472 e. The summed E-state index contributed by atoms with van der Waals surface area (Å²) < 4.78 is 29.3. The minimum Gasteiger partial charge on any atom is -0.472 e. The summed E-state index contributed by atoms with van der Waals surface area (Å²) in [6.07, 6.45) is -1.15. The van der Waals surface area contributed by atoms with Gasteiger partial charge < -0.3 is 10.1 Å². The third-order valence-electron chi connectivity index (χ3n) is 3.81. The van der Waals surface area contributed by atoms with Crippen LogP contribution in [0.2, 0.25) is 0 Å². The maximum Gasteiger partial charge on any atom is 0.272 e. The van der Waals surface area contributed by atoms with E-state index in [2.05, 4.69) is 25.7 Å². The van der Waals surface area contributed by atoms with Gasteiger partial charge in [0.1, 0.15) is 6.04 Å². The number of tetrazole rings is 1. The van der Waals surface area contributed by atoms with Gasteiger partial charge in [0.2, 0.25) is 17.6 Å². The number of carbonyl (C=O) groups excluding carboxylic acids is 1. The molecule has 28 heavy (non-hydrogen) atoms. The molecule has 3 aromatic rings. The molecule has 1 atom stereocenters. The van der Waals surface area contributed by atoms with Gasteiger partial charge in [0.05, 0.1) is 0 Å². The Kier molecular flexibility index (Phi) is 6.20.